The normalized spacial score (nSPS) is 10.3. The number of benzene rings is 2. The maximum Gasteiger partial charge on any atom is 0.134 e. The van der Waals surface area contributed by atoms with E-state index in [2.05, 4.69) is 5.32 Å². The van der Waals surface area contributed by atoms with Crippen molar-refractivity contribution in [1.29, 1.82) is 0 Å². The standard InChI is InChI=1S/C16H18ClNO3/c1-18-10-11-6-12(17)4-5-16(11)21-15-8-13(19-2)7-14(9-15)20-3/h4-9,18H,10H2,1-3H3. The number of nitrogens with one attached hydrogen (secondary N) is 1. The van der Waals surface area contributed by atoms with E-state index in [4.69, 9.17) is 25.8 Å². The fourth-order valence-corrected chi connectivity index (χ4v) is 2.14. The second-order valence-electron chi connectivity index (χ2n) is 4.43. The molecule has 1 N–H and O–H groups in total. The maximum atomic E-state index is 6.03. The van der Waals surface area contributed by atoms with Crippen molar-refractivity contribution >= 4 is 11.6 Å². The van der Waals surface area contributed by atoms with Crippen molar-refractivity contribution in [1.82, 2.24) is 5.32 Å². The summed E-state index contributed by atoms with van der Waals surface area (Å²) in [4.78, 5) is 0. The van der Waals surface area contributed by atoms with Gasteiger partial charge in [0.1, 0.15) is 23.0 Å². The molecule has 0 heterocycles. The Labute approximate surface area is 129 Å². The molecule has 5 heteroatoms. The second-order valence-corrected chi connectivity index (χ2v) is 4.87. The van der Waals surface area contributed by atoms with Crippen molar-refractivity contribution in [2.75, 3.05) is 21.3 Å². The highest BCUT2D eigenvalue weighted by Gasteiger charge is 2.08. The molecule has 2 aromatic carbocycles. The highest BCUT2D eigenvalue weighted by atomic mass is 35.5. The Hall–Kier alpha value is -1.91. The molecule has 0 spiro atoms. The molecular weight excluding hydrogens is 290 g/mol. The molecule has 2 aromatic rings. The summed E-state index contributed by atoms with van der Waals surface area (Å²) in [6.45, 7) is 0.664. The summed E-state index contributed by atoms with van der Waals surface area (Å²) in [5.74, 6) is 2.73. The summed E-state index contributed by atoms with van der Waals surface area (Å²) in [6, 6.07) is 10.9. The van der Waals surface area contributed by atoms with Gasteiger partial charge in [-0.25, -0.2) is 0 Å². The molecule has 0 aliphatic heterocycles. The van der Waals surface area contributed by atoms with Crippen molar-refractivity contribution in [3.63, 3.8) is 0 Å². The Morgan fingerprint density at radius 1 is 0.952 bits per heavy atom. The molecule has 112 valence electrons. The first-order chi connectivity index (χ1) is 10.2. The third-order valence-corrected chi connectivity index (χ3v) is 3.18. The summed E-state index contributed by atoms with van der Waals surface area (Å²) in [5, 5.41) is 3.77. The van der Waals surface area contributed by atoms with Crippen molar-refractivity contribution in [2.24, 2.45) is 0 Å². The zero-order chi connectivity index (χ0) is 15.2. The topological polar surface area (TPSA) is 39.7 Å². The molecule has 0 unspecified atom stereocenters. The minimum Gasteiger partial charge on any atom is -0.496 e. The number of methoxy groups -OCH3 is 2. The van der Waals surface area contributed by atoms with Gasteiger partial charge < -0.3 is 19.5 Å². The lowest BCUT2D eigenvalue weighted by Gasteiger charge is -2.13. The molecule has 0 saturated heterocycles. The predicted molar refractivity (Wildman–Crippen MR) is 83.8 cm³/mol. The Bertz CT molecular complexity index is 594. The zero-order valence-electron chi connectivity index (χ0n) is 12.3. The van der Waals surface area contributed by atoms with Gasteiger partial charge in [0.2, 0.25) is 0 Å². The smallest absolute Gasteiger partial charge is 0.134 e. The highest BCUT2D eigenvalue weighted by molar-refractivity contribution is 6.30. The molecular formula is C16H18ClNO3. The third-order valence-electron chi connectivity index (χ3n) is 2.94. The number of hydrogen-bond acceptors (Lipinski definition) is 4. The second kappa shape index (κ2) is 7.20. The molecule has 0 aliphatic carbocycles. The van der Waals surface area contributed by atoms with Gasteiger partial charge in [-0.1, -0.05) is 11.6 Å². The van der Waals surface area contributed by atoms with Gasteiger partial charge in [-0.2, -0.15) is 0 Å². The largest absolute Gasteiger partial charge is 0.496 e. The summed E-state index contributed by atoms with van der Waals surface area (Å²) >= 11 is 6.03. The van der Waals surface area contributed by atoms with Gasteiger partial charge >= 0.3 is 0 Å². The average molecular weight is 308 g/mol. The summed E-state index contributed by atoms with van der Waals surface area (Å²) in [5.41, 5.74) is 0.979. The van der Waals surface area contributed by atoms with E-state index < -0.39 is 0 Å². The fourth-order valence-electron chi connectivity index (χ4n) is 1.94. The lowest BCUT2D eigenvalue weighted by atomic mass is 10.2. The first-order valence-corrected chi connectivity index (χ1v) is 6.88. The van der Waals surface area contributed by atoms with Crippen LogP contribution in [0.1, 0.15) is 5.56 Å². The quantitative estimate of drug-likeness (QED) is 0.879. The van der Waals surface area contributed by atoms with E-state index in [1.807, 2.05) is 19.2 Å². The molecule has 21 heavy (non-hydrogen) atoms. The van der Waals surface area contributed by atoms with Crippen LogP contribution in [0.4, 0.5) is 0 Å². The van der Waals surface area contributed by atoms with Gasteiger partial charge in [0.25, 0.3) is 0 Å². The Kier molecular flexibility index (Phi) is 5.31. The maximum absolute atomic E-state index is 6.03. The molecule has 2 rings (SSSR count). The van der Waals surface area contributed by atoms with Crippen LogP contribution in [0, 0.1) is 0 Å². The molecule has 0 atom stereocenters. The SMILES string of the molecule is CNCc1cc(Cl)ccc1Oc1cc(OC)cc(OC)c1. The van der Waals surface area contributed by atoms with E-state index in [0.29, 0.717) is 28.8 Å². The lowest BCUT2D eigenvalue weighted by molar-refractivity contribution is 0.386. The summed E-state index contributed by atoms with van der Waals surface area (Å²) in [6.07, 6.45) is 0. The number of rotatable bonds is 6. The first-order valence-electron chi connectivity index (χ1n) is 6.50. The van der Waals surface area contributed by atoms with E-state index >= 15 is 0 Å². The predicted octanol–water partition coefficient (Wildman–Crippen LogP) is 3.87. The minimum absolute atomic E-state index is 0.644. The van der Waals surface area contributed by atoms with E-state index in [-0.39, 0.29) is 0 Å². The number of hydrogen-bond donors (Lipinski definition) is 1. The Balaban J connectivity index is 2.33. The van der Waals surface area contributed by atoms with Crippen molar-refractivity contribution in [3.8, 4) is 23.0 Å². The van der Waals surface area contributed by atoms with E-state index in [0.717, 1.165) is 11.3 Å². The van der Waals surface area contributed by atoms with Crippen LogP contribution in [0.2, 0.25) is 5.02 Å². The van der Waals surface area contributed by atoms with Gasteiger partial charge in [-0.3, -0.25) is 0 Å². The van der Waals surface area contributed by atoms with Gasteiger partial charge in [-0.15, -0.1) is 0 Å². The fraction of sp³-hybridized carbons (Fsp3) is 0.250. The number of ether oxygens (including phenoxy) is 3. The summed E-state index contributed by atoms with van der Waals surface area (Å²) in [7, 11) is 5.08. The number of halogens is 1. The third kappa shape index (κ3) is 4.03. The Morgan fingerprint density at radius 3 is 2.14 bits per heavy atom. The first kappa shape index (κ1) is 15.5. The van der Waals surface area contributed by atoms with Crippen molar-refractivity contribution < 1.29 is 14.2 Å². The van der Waals surface area contributed by atoms with Gasteiger partial charge in [0.05, 0.1) is 14.2 Å². The molecule has 0 aromatic heterocycles. The van der Waals surface area contributed by atoms with Crippen LogP contribution in [0.25, 0.3) is 0 Å². The molecule has 4 nitrogen and oxygen atoms in total. The van der Waals surface area contributed by atoms with Crippen molar-refractivity contribution in [2.45, 2.75) is 6.54 Å². The summed E-state index contributed by atoms with van der Waals surface area (Å²) < 4.78 is 16.4. The van der Waals surface area contributed by atoms with Crippen molar-refractivity contribution in [3.05, 3.63) is 47.0 Å². The van der Waals surface area contributed by atoms with Crippen LogP contribution in [-0.2, 0) is 6.54 Å². The molecule has 0 bridgehead atoms. The van der Waals surface area contributed by atoms with E-state index in [9.17, 15) is 0 Å². The van der Waals surface area contributed by atoms with Gasteiger partial charge in [-0.05, 0) is 25.2 Å². The average Bonchev–Trinajstić information content (AvgIpc) is 2.50. The monoisotopic (exact) mass is 307 g/mol. The Morgan fingerprint density at radius 2 is 1.57 bits per heavy atom. The van der Waals surface area contributed by atoms with E-state index in [1.54, 1.807) is 38.5 Å². The minimum atomic E-state index is 0.644. The molecule has 0 saturated carbocycles. The van der Waals surface area contributed by atoms with Gasteiger partial charge in [0, 0.05) is 35.3 Å². The highest BCUT2D eigenvalue weighted by Crippen LogP contribution is 2.33. The zero-order valence-corrected chi connectivity index (χ0v) is 13.0. The van der Waals surface area contributed by atoms with E-state index in [1.165, 1.54) is 0 Å². The van der Waals surface area contributed by atoms with Crippen LogP contribution >= 0.6 is 11.6 Å². The molecule has 0 aliphatic rings. The molecule has 0 amide bonds. The van der Waals surface area contributed by atoms with Crippen LogP contribution < -0.4 is 19.5 Å². The van der Waals surface area contributed by atoms with Crippen LogP contribution in [0.15, 0.2) is 36.4 Å². The molecule has 0 fully saturated rings. The molecule has 0 radical (unpaired) electrons. The van der Waals surface area contributed by atoms with Crippen LogP contribution in [0.3, 0.4) is 0 Å². The van der Waals surface area contributed by atoms with Crippen LogP contribution in [-0.4, -0.2) is 21.3 Å². The van der Waals surface area contributed by atoms with Gasteiger partial charge in [0.15, 0.2) is 0 Å². The lowest BCUT2D eigenvalue weighted by Crippen LogP contribution is -2.06. The van der Waals surface area contributed by atoms with Crippen LogP contribution in [0.5, 0.6) is 23.0 Å².